The zero-order valence-electron chi connectivity index (χ0n) is 12.0. The fourth-order valence-electron chi connectivity index (χ4n) is 3.03. The van der Waals surface area contributed by atoms with E-state index in [2.05, 4.69) is 37.4 Å². The summed E-state index contributed by atoms with van der Waals surface area (Å²) in [5.41, 5.74) is 4.78. The van der Waals surface area contributed by atoms with Crippen LogP contribution in [0.25, 0.3) is 0 Å². The molecule has 1 N–H and O–H groups in total. The van der Waals surface area contributed by atoms with Crippen LogP contribution >= 0.6 is 0 Å². The summed E-state index contributed by atoms with van der Waals surface area (Å²) in [6.07, 6.45) is 7.90. The quantitative estimate of drug-likeness (QED) is 0.796. The monoisotopic (exact) mass is 245 g/mol. The number of benzene rings is 1. The normalized spacial score (nSPS) is 16.3. The predicted molar refractivity (Wildman–Crippen MR) is 78.9 cm³/mol. The lowest BCUT2D eigenvalue weighted by molar-refractivity contribution is 0.446. The summed E-state index contributed by atoms with van der Waals surface area (Å²) >= 11 is 0. The van der Waals surface area contributed by atoms with Gasteiger partial charge in [-0.1, -0.05) is 57.7 Å². The Morgan fingerprint density at radius 1 is 1.28 bits per heavy atom. The van der Waals surface area contributed by atoms with Crippen molar-refractivity contribution in [2.75, 3.05) is 6.54 Å². The van der Waals surface area contributed by atoms with Gasteiger partial charge in [-0.15, -0.1) is 0 Å². The third-order valence-corrected chi connectivity index (χ3v) is 4.29. The molecule has 1 unspecified atom stereocenters. The Labute approximate surface area is 112 Å². The van der Waals surface area contributed by atoms with E-state index in [1.165, 1.54) is 38.5 Å². The van der Waals surface area contributed by atoms with E-state index in [0.29, 0.717) is 0 Å². The van der Waals surface area contributed by atoms with E-state index in [-0.39, 0.29) is 0 Å². The van der Waals surface area contributed by atoms with Crippen molar-refractivity contribution in [3.05, 3.63) is 34.9 Å². The smallest absolute Gasteiger partial charge is 0.0211 e. The Kier molecular flexibility index (Phi) is 5.25. The highest BCUT2D eigenvalue weighted by molar-refractivity contribution is 5.37. The standard InChI is InChI=1S/C17H27N/c1-3-5-7-14(4-2)12-16-9-6-8-15-10-11-18-13-17(15)16/h6,8-9,14,18H,3-5,7,10-13H2,1-2H3. The summed E-state index contributed by atoms with van der Waals surface area (Å²) in [6, 6.07) is 6.92. The third-order valence-electron chi connectivity index (χ3n) is 4.29. The van der Waals surface area contributed by atoms with Crippen LogP contribution in [0.4, 0.5) is 0 Å². The molecule has 0 fully saturated rings. The zero-order valence-corrected chi connectivity index (χ0v) is 12.0. The maximum Gasteiger partial charge on any atom is 0.0211 e. The molecule has 0 aromatic heterocycles. The Morgan fingerprint density at radius 3 is 2.94 bits per heavy atom. The second-order valence-corrected chi connectivity index (χ2v) is 5.60. The molecular weight excluding hydrogens is 218 g/mol. The van der Waals surface area contributed by atoms with Crippen LogP contribution < -0.4 is 5.32 Å². The molecule has 18 heavy (non-hydrogen) atoms. The van der Waals surface area contributed by atoms with Crippen molar-refractivity contribution < 1.29 is 0 Å². The fourth-order valence-corrected chi connectivity index (χ4v) is 3.03. The van der Waals surface area contributed by atoms with Gasteiger partial charge in [0.1, 0.15) is 0 Å². The fraction of sp³-hybridized carbons (Fsp3) is 0.647. The van der Waals surface area contributed by atoms with Gasteiger partial charge in [0.05, 0.1) is 0 Å². The van der Waals surface area contributed by atoms with Crippen molar-refractivity contribution in [2.45, 2.75) is 58.9 Å². The van der Waals surface area contributed by atoms with Crippen LogP contribution in [0.1, 0.15) is 56.2 Å². The Morgan fingerprint density at radius 2 is 2.17 bits per heavy atom. The highest BCUT2D eigenvalue weighted by Gasteiger charge is 2.15. The largest absolute Gasteiger partial charge is 0.312 e. The number of rotatable bonds is 6. The van der Waals surface area contributed by atoms with Gasteiger partial charge in [-0.2, -0.15) is 0 Å². The van der Waals surface area contributed by atoms with Gasteiger partial charge in [0.15, 0.2) is 0 Å². The molecular formula is C17H27N. The van der Waals surface area contributed by atoms with Gasteiger partial charge in [0, 0.05) is 6.54 Å². The summed E-state index contributed by atoms with van der Waals surface area (Å²) in [5.74, 6) is 0.873. The topological polar surface area (TPSA) is 12.0 Å². The summed E-state index contributed by atoms with van der Waals surface area (Å²) in [5, 5.41) is 3.52. The van der Waals surface area contributed by atoms with E-state index < -0.39 is 0 Å². The van der Waals surface area contributed by atoms with Gasteiger partial charge in [0.2, 0.25) is 0 Å². The molecule has 1 aliphatic rings. The van der Waals surface area contributed by atoms with Gasteiger partial charge in [0.25, 0.3) is 0 Å². The number of unbranched alkanes of at least 4 members (excludes halogenated alkanes) is 1. The zero-order chi connectivity index (χ0) is 12.8. The molecule has 0 spiro atoms. The van der Waals surface area contributed by atoms with E-state index in [4.69, 9.17) is 0 Å². The van der Waals surface area contributed by atoms with E-state index in [0.717, 1.165) is 19.0 Å². The number of fused-ring (bicyclic) bond motifs is 1. The maximum atomic E-state index is 3.52. The molecule has 1 aromatic rings. The van der Waals surface area contributed by atoms with E-state index >= 15 is 0 Å². The number of hydrogen-bond donors (Lipinski definition) is 1. The molecule has 0 radical (unpaired) electrons. The molecule has 1 aromatic carbocycles. The van der Waals surface area contributed by atoms with Crippen LogP contribution in [0, 0.1) is 5.92 Å². The average molecular weight is 245 g/mol. The minimum Gasteiger partial charge on any atom is -0.312 e. The molecule has 1 aliphatic heterocycles. The first-order valence-electron chi connectivity index (χ1n) is 7.65. The SMILES string of the molecule is CCCCC(CC)Cc1cccc2c1CNCC2. The van der Waals surface area contributed by atoms with Crippen LogP contribution in [-0.2, 0) is 19.4 Å². The van der Waals surface area contributed by atoms with Crippen LogP contribution in [-0.4, -0.2) is 6.54 Å². The molecule has 0 bridgehead atoms. The predicted octanol–water partition coefficient (Wildman–Crippen LogP) is 4.09. The second kappa shape index (κ2) is 6.94. The molecule has 2 rings (SSSR count). The van der Waals surface area contributed by atoms with Crippen molar-refractivity contribution >= 4 is 0 Å². The summed E-state index contributed by atoms with van der Waals surface area (Å²) in [4.78, 5) is 0. The summed E-state index contributed by atoms with van der Waals surface area (Å²) in [6.45, 7) is 6.86. The molecule has 1 nitrogen and oxygen atoms in total. The lowest BCUT2D eigenvalue weighted by atomic mass is 9.87. The van der Waals surface area contributed by atoms with Crippen molar-refractivity contribution in [1.29, 1.82) is 0 Å². The lowest BCUT2D eigenvalue weighted by Crippen LogP contribution is -2.25. The van der Waals surface area contributed by atoms with Crippen LogP contribution in [0.3, 0.4) is 0 Å². The van der Waals surface area contributed by atoms with Crippen LogP contribution in [0.2, 0.25) is 0 Å². The minimum absolute atomic E-state index is 0.873. The van der Waals surface area contributed by atoms with Gasteiger partial charge >= 0.3 is 0 Å². The van der Waals surface area contributed by atoms with Crippen molar-refractivity contribution in [1.82, 2.24) is 5.32 Å². The Balaban J connectivity index is 2.08. The maximum absolute atomic E-state index is 3.52. The summed E-state index contributed by atoms with van der Waals surface area (Å²) < 4.78 is 0. The van der Waals surface area contributed by atoms with Gasteiger partial charge in [-0.05, 0) is 42.0 Å². The Bertz CT molecular complexity index is 370. The first kappa shape index (κ1) is 13.6. The molecule has 0 saturated carbocycles. The van der Waals surface area contributed by atoms with E-state index in [1.54, 1.807) is 16.7 Å². The first-order valence-corrected chi connectivity index (χ1v) is 7.65. The van der Waals surface area contributed by atoms with Crippen LogP contribution in [0.5, 0.6) is 0 Å². The van der Waals surface area contributed by atoms with E-state index in [1.807, 2.05) is 0 Å². The van der Waals surface area contributed by atoms with Gasteiger partial charge < -0.3 is 5.32 Å². The van der Waals surface area contributed by atoms with Crippen molar-refractivity contribution in [2.24, 2.45) is 5.92 Å². The molecule has 1 atom stereocenters. The minimum atomic E-state index is 0.873. The molecule has 1 heteroatoms. The first-order chi connectivity index (χ1) is 8.85. The lowest BCUT2D eigenvalue weighted by Gasteiger charge is -2.23. The van der Waals surface area contributed by atoms with Gasteiger partial charge in [-0.25, -0.2) is 0 Å². The number of hydrogen-bond acceptors (Lipinski definition) is 1. The molecule has 100 valence electrons. The molecule has 0 saturated heterocycles. The van der Waals surface area contributed by atoms with E-state index in [9.17, 15) is 0 Å². The third kappa shape index (κ3) is 3.35. The summed E-state index contributed by atoms with van der Waals surface area (Å²) in [7, 11) is 0. The highest BCUT2D eigenvalue weighted by atomic mass is 14.9. The number of nitrogens with one attached hydrogen (secondary N) is 1. The molecule has 1 heterocycles. The van der Waals surface area contributed by atoms with Gasteiger partial charge in [-0.3, -0.25) is 0 Å². The second-order valence-electron chi connectivity index (χ2n) is 5.60. The average Bonchev–Trinajstić information content (AvgIpc) is 2.43. The molecule has 0 aliphatic carbocycles. The van der Waals surface area contributed by atoms with Crippen LogP contribution in [0.15, 0.2) is 18.2 Å². The highest BCUT2D eigenvalue weighted by Crippen LogP contribution is 2.24. The Hall–Kier alpha value is -0.820. The van der Waals surface area contributed by atoms with Crippen molar-refractivity contribution in [3.8, 4) is 0 Å². The van der Waals surface area contributed by atoms with Crippen molar-refractivity contribution in [3.63, 3.8) is 0 Å². The molecule has 0 amide bonds.